The number of methoxy groups -OCH3 is 1. The van der Waals surface area contributed by atoms with Crippen molar-refractivity contribution < 1.29 is 36.6 Å². The number of nitrogens with one attached hydrogen (secondary N) is 1. The monoisotopic (exact) mass is 678 g/mol. The highest BCUT2D eigenvalue weighted by molar-refractivity contribution is 5.69. The molecule has 264 valence electrons. The van der Waals surface area contributed by atoms with E-state index in [9.17, 15) is 22.8 Å². The number of aromatic nitrogens is 4. The third kappa shape index (κ3) is 9.48. The topological polar surface area (TPSA) is 134 Å². The lowest BCUT2D eigenvalue weighted by molar-refractivity contribution is -0.138. The van der Waals surface area contributed by atoms with E-state index in [0.717, 1.165) is 10.9 Å². The number of rotatable bonds is 10. The molecule has 1 aliphatic heterocycles. The molecule has 3 unspecified atom stereocenters. The number of ether oxygens (including phenoxy) is 3. The Kier molecular flexibility index (Phi) is 11.1. The van der Waals surface area contributed by atoms with Crippen LogP contribution in [0, 0.1) is 5.41 Å². The van der Waals surface area contributed by atoms with Gasteiger partial charge in [0, 0.05) is 24.5 Å². The Bertz CT molecular complexity index is 1590. The van der Waals surface area contributed by atoms with Gasteiger partial charge in [0.2, 0.25) is 11.8 Å². The number of hydrogen-bond donors (Lipinski definition) is 1. The number of piperidine rings is 1. The zero-order chi connectivity index (χ0) is 35.4. The zero-order valence-corrected chi connectivity index (χ0v) is 28.7. The lowest BCUT2D eigenvalue weighted by Crippen LogP contribution is -2.52. The summed E-state index contributed by atoms with van der Waals surface area (Å²) in [6.45, 7) is 13.6. The predicted molar refractivity (Wildman–Crippen MR) is 171 cm³/mol. The van der Waals surface area contributed by atoms with Crippen molar-refractivity contribution in [2.75, 3.05) is 25.6 Å². The van der Waals surface area contributed by atoms with E-state index in [0.29, 0.717) is 36.6 Å². The summed E-state index contributed by atoms with van der Waals surface area (Å²) < 4.78 is 65.2. The average molecular weight is 679 g/mol. The van der Waals surface area contributed by atoms with Crippen molar-refractivity contribution in [3.05, 3.63) is 63.7 Å². The third-order valence-corrected chi connectivity index (χ3v) is 7.88. The zero-order valence-electron chi connectivity index (χ0n) is 28.7. The largest absolute Gasteiger partial charge is 0.497 e. The van der Waals surface area contributed by atoms with Crippen molar-refractivity contribution in [3.63, 3.8) is 0 Å². The fourth-order valence-corrected chi connectivity index (χ4v) is 5.56. The van der Waals surface area contributed by atoms with Gasteiger partial charge in [-0.3, -0.25) is 4.79 Å². The first-order valence-corrected chi connectivity index (χ1v) is 15.8. The van der Waals surface area contributed by atoms with E-state index in [2.05, 4.69) is 41.4 Å². The quantitative estimate of drug-likeness (QED) is 0.262. The van der Waals surface area contributed by atoms with E-state index in [1.807, 2.05) is 20.8 Å². The Morgan fingerprint density at radius 2 is 1.79 bits per heavy atom. The number of carbonyl (C=O) groups is 1. The highest BCUT2D eigenvalue weighted by Gasteiger charge is 2.42. The molecule has 2 aromatic heterocycles. The lowest BCUT2D eigenvalue weighted by atomic mass is 9.77. The molecule has 1 fully saturated rings. The maximum atomic E-state index is 14.0. The number of benzene rings is 1. The summed E-state index contributed by atoms with van der Waals surface area (Å²) in [6.07, 6.45) is -3.05. The van der Waals surface area contributed by atoms with Crippen LogP contribution in [0.3, 0.4) is 0 Å². The molecule has 1 amide bonds. The number of anilines is 1. The molecule has 3 heterocycles. The number of hydrogen-bond acceptors (Lipinski definition) is 10. The first-order chi connectivity index (χ1) is 22.4. The Hall–Kier alpha value is -4.14. The summed E-state index contributed by atoms with van der Waals surface area (Å²) in [5, 5.41) is 15.0. The first-order valence-electron chi connectivity index (χ1n) is 15.8. The molecule has 0 radical (unpaired) electrons. The molecule has 0 bridgehead atoms. The highest BCUT2D eigenvalue weighted by Crippen LogP contribution is 2.39. The van der Waals surface area contributed by atoms with Crippen molar-refractivity contribution in [2.24, 2.45) is 5.41 Å². The molecular weight excluding hydrogens is 633 g/mol. The molecule has 12 nitrogen and oxygen atoms in total. The number of nitrogens with zero attached hydrogens (tertiary/aromatic N) is 5. The summed E-state index contributed by atoms with van der Waals surface area (Å²) in [6, 6.07) is 5.85. The number of likely N-dealkylation sites (tertiary alicyclic amines) is 1. The standard InChI is InChI=1S/C33H45F3N6O6/c1-20(38-24-16-37-42(29(43)27(24)33(34,35)36)17-21-9-11-23(45-8)12-10-21)18-46-19-26-39-40-28(47-26)22-13-14-41(25(15-22)31(2,3)4)30(44)48-32(5,6)7/h9-12,16,20,22,25,38H,13-15,17-19H2,1-8H3. The Labute approximate surface area is 277 Å². The smallest absolute Gasteiger partial charge is 0.423 e. The molecule has 1 aromatic carbocycles. The van der Waals surface area contributed by atoms with E-state index in [4.69, 9.17) is 18.6 Å². The highest BCUT2D eigenvalue weighted by atomic mass is 19.4. The fourth-order valence-electron chi connectivity index (χ4n) is 5.56. The van der Waals surface area contributed by atoms with E-state index in [-0.39, 0.29) is 49.1 Å². The van der Waals surface area contributed by atoms with Gasteiger partial charge in [0.25, 0.3) is 5.56 Å². The van der Waals surface area contributed by atoms with Crippen LogP contribution in [0.1, 0.15) is 90.1 Å². The fraction of sp³-hybridized carbons (Fsp3) is 0.606. The van der Waals surface area contributed by atoms with E-state index in [1.54, 1.807) is 36.1 Å². The number of amides is 1. The van der Waals surface area contributed by atoms with Crippen molar-refractivity contribution in [1.29, 1.82) is 0 Å². The third-order valence-electron chi connectivity index (χ3n) is 7.88. The summed E-state index contributed by atoms with van der Waals surface area (Å²) in [5.41, 5.74) is -3.30. The SMILES string of the molecule is COc1ccc(Cn2ncc(NC(C)COCc3nnc(C4CCN(C(=O)OC(C)(C)C)C(C(C)(C)C)C4)o3)c(C(F)(F)F)c2=O)cc1. The van der Waals surface area contributed by atoms with Gasteiger partial charge in [0.1, 0.15) is 23.5 Å². The van der Waals surface area contributed by atoms with Gasteiger partial charge in [0.15, 0.2) is 0 Å². The van der Waals surface area contributed by atoms with Crippen LogP contribution >= 0.6 is 0 Å². The van der Waals surface area contributed by atoms with Gasteiger partial charge < -0.3 is 28.8 Å². The summed E-state index contributed by atoms with van der Waals surface area (Å²) in [5.74, 6) is 1.17. The van der Waals surface area contributed by atoms with Gasteiger partial charge in [0.05, 0.1) is 32.1 Å². The molecular formula is C33H45F3N6O6. The molecule has 15 heteroatoms. The molecule has 3 atom stereocenters. The summed E-state index contributed by atoms with van der Waals surface area (Å²) in [4.78, 5) is 27.6. The van der Waals surface area contributed by atoms with Crippen LogP contribution in [0.5, 0.6) is 5.75 Å². The van der Waals surface area contributed by atoms with Crippen molar-refractivity contribution in [2.45, 2.75) is 104 Å². The normalized spacial score (nSPS) is 18.0. The van der Waals surface area contributed by atoms with Crippen LogP contribution in [0.2, 0.25) is 0 Å². The van der Waals surface area contributed by atoms with Crippen LogP contribution in [-0.4, -0.2) is 68.9 Å². The minimum Gasteiger partial charge on any atom is -0.497 e. The molecule has 1 aliphatic rings. The molecule has 1 saturated heterocycles. The maximum absolute atomic E-state index is 14.0. The second-order valence-electron chi connectivity index (χ2n) is 14.1. The second kappa shape index (κ2) is 14.5. The maximum Gasteiger partial charge on any atom is 0.423 e. The van der Waals surface area contributed by atoms with Gasteiger partial charge >= 0.3 is 12.3 Å². The van der Waals surface area contributed by atoms with Crippen LogP contribution in [0.25, 0.3) is 0 Å². The minimum atomic E-state index is -4.92. The molecule has 0 saturated carbocycles. The average Bonchev–Trinajstić information content (AvgIpc) is 3.45. The molecule has 3 aromatic rings. The van der Waals surface area contributed by atoms with Crippen molar-refractivity contribution in [1.82, 2.24) is 24.9 Å². The number of carbonyl (C=O) groups excluding carboxylic acids is 1. The van der Waals surface area contributed by atoms with Crippen molar-refractivity contribution >= 4 is 11.8 Å². The van der Waals surface area contributed by atoms with Gasteiger partial charge in [-0.2, -0.15) is 18.3 Å². The molecule has 0 aliphatic carbocycles. The summed E-state index contributed by atoms with van der Waals surface area (Å²) >= 11 is 0. The molecule has 1 N–H and O–H groups in total. The first kappa shape index (κ1) is 36.7. The van der Waals surface area contributed by atoms with Gasteiger partial charge in [-0.25, -0.2) is 9.48 Å². The summed E-state index contributed by atoms with van der Waals surface area (Å²) in [7, 11) is 1.50. The second-order valence-corrected chi connectivity index (χ2v) is 14.1. The predicted octanol–water partition coefficient (Wildman–Crippen LogP) is 6.25. The van der Waals surface area contributed by atoms with E-state index < -0.39 is 34.6 Å². The Morgan fingerprint density at radius 1 is 1.10 bits per heavy atom. The molecule has 0 spiro atoms. The van der Waals surface area contributed by atoms with Gasteiger partial charge in [-0.05, 0) is 63.6 Å². The number of alkyl halides is 3. The van der Waals surface area contributed by atoms with Crippen LogP contribution in [-0.2, 0) is 28.8 Å². The Balaban J connectivity index is 1.35. The van der Waals surface area contributed by atoms with E-state index in [1.165, 1.54) is 7.11 Å². The number of halogens is 3. The van der Waals surface area contributed by atoms with Crippen molar-refractivity contribution in [3.8, 4) is 5.75 Å². The van der Waals surface area contributed by atoms with Crippen LogP contribution in [0.4, 0.5) is 23.7 Å². The van der Waals surface area contributed by atoms with E-state index >= 15 is 0 Å². The van der Waals surface area contributed by atoms with Crippen LogP contribution in [0.15, 0.2) is 39.7 Å². The van der Waals surface area contributed by atoms with Gasteiger partial charge in [-0.1, -0.05) is 32.9 Å². The Morgan fingerprint density at radius 3 is 2.40 bits per heavy atom. The molecule has 4 rings (SSSR count). The van der Waals surface area contributed by atoms with Crippen LogP contribution < -0.4 is 15.6 Å². The lowest BCUT2D eigenvalue weighted by Gasteiger charge is -2.45. The van der Waals surface area contributed by atoms with Gasteiger partial charge in [-0.15, -0.1) is 10.2 Å². The minimum absolute atomic E-state index is 0.0235. The molecule has 48 heavy (non-hydrogen) atoms.